The van der Waals surface area contributed by atoms with Gasteiger partial charge >= 0.3 is 0 Å². The summed E-state index contributed by atoms with van der Waals surface area (Å²) in [5, 5.41) is 8.22. The largest absolute Gasteiger partial charge is 0.322 e. The van der Waals surface area contributed by atoms with Gasteiger partial charge in [0.15, 0.2) is 5.82 Å². The van der Waals surface area contributed by atoms with E-state index in [0.717, 1.165) is 10.9 Å². The lowest BCUT2D eigenvalue weighted by Gasteiger charge is -2.31. The standard InChI is InChI=1S/C25H26N6O3S/c1-18-22(17-26-31(18)24-12-7-19-5-3-4-6-23(19)28-24)25(32)27-20-8-10-21(11-9-20)35(33,34)30-15-13-29(2)14-16-30/h3-12,17H,13-16H2,1-2H3,(H,27,32). The summed E-state index contributed by atoms with van der Waals surface area (Å²) in [4.78, 5) is 19.9. The highest BCUT2D eigenvalue weighted by Crippen LogP contribution is 2.21. The van der Waals surface area contributed by atoms with Crippen LogP contribution in [0.1, 0.15) is 16.1 Å². The fraction of sp³-hybridized carbons (Fsp3) is 0.240. The topological polar surface area (TPSA) is 100 Å². The van der Waals surface area contributed by atoms with Crippen LogP contribution in [0.2, 0.25) is 0 Å². The molecular formula is C25H26N6O3S. The molecule has 5 rings (SSSR count). The van der Waals surface area contributed by atoms with Gasteiger partial charge in [-0.15, -0.1) is 0 Å². The third-order valence-corrected chi connectivity index (χ3v) is 8.18. The molecule has 35 heavy (non-hydrogen) atoms. The van der Waals surface area contributed by atoms with E-state index in [9.17, 15) is 13.2 Å². The van der Waals surface area contributed by atoms with E-state index < -0.39 is 10.0 Å². The van der Waals surface area contributed by atoms with Crippen LogP contribution in [0.25, 0.3) is 16.7 Å². The first-order valence-electron chi connectivity index (χ1n) is 11.3. The van der Waals surface area contributed by atoms with Gasteiger partial charge in [-0.25, -0.2) is 18.1 Å². The number of nitrogens with one attached hydrogen (secondary N) is 1. The third-order valence-electron chi connectivity index (χ3n) is 6.27. The number of amides is 1. The number of aromatic nitrogens is 3. The SMILES string of the molecule is Cc1c(C(=O)Nc2ccc(S(=O)(=O)N3CCN(C)CC3)cc2)cnn1-c1ccc2ccccc2n1. The molecule has 0 aliphatic carbocycles. The number of hydrogen-bond donors (Lipinski definition) is 1. The summed E-state index contributed by atoms with van der Waals surface area (Å²) in [6.07, 6.45) is 1.51. The predicted octanol–water partition coefficient (Wildman–Crippen LogP) is 2.92. The van der Waals surface area contributed by atoms with Crippen molar-refractivity contribution in [3.05, 3.63) is 78.1 Å². The van der Waals surface area contributed by atoms with Crippen LogP contribution in [0.5, 0.6) is 0 Å². The Kier molecular flexibility index (Phi) is 6.10. The fourth-order valence-corrected chi connectivity index (χ4v) is 5.55. The number of pyridine rings is 1. The number of carbonyl (C=O) groups is 1. The lowest BCUT2D eigenvalue weighted by Crippen LogP contribution is -2.46. The minimum atomic E-state index is -3.56. The maximum absolute atomic E-state index is 12.9. The molecule has 0 radical (unpaired) electrons. The monoisotopic (exact) mass is 490 g/mol. The summed E-state index contributed by atoms with van der Waals surface area (Å²) in [5.41, 5.74) is 2.41. The van der Waals surface area contributed by atoms with Crippen LogP contribution in [-0.4, -0.2) is 71.5 Å². The minimum absolute atomic E-state index is 0.214. The van der Waals surface area contributed by atoms with Gasteiger partial charge in [0.2, 0.25) is 10.0 Å². The van der Waals surface area contributed by atoms with Gasteiger partial charge in [0.25, 0.3) is 5.91 Å². The Balaban J connectivity index is 1.31. The summed E-state index contributed by atoms with van der Waals surface area (Å²) in [6, 6.07) is 17.9. The summed E-state index contributed by atoms with van der Waals surface area (Å²) >= 11 is 0. The molecule has 10 heteroatoms. The second-order valence-electron chi connectivity index (χ2n) is 8.60. The van der Waals surface area contributed by atoms with Crippen LogP contribution in [0.4, 0.5) is 5.69 Å². The van der Waals surface area contributed by atoms with Crippen LogP contribution in [0.3, 0.4) is 0 Å². The maximum Gasteiger partial charge on any atom is 0.259 e. The maximum atomic E-state index is 12.9. The molecule has 0 bridgehead atoms. The zero-order chi connectivity index (χ0) is 24.6. The van der Waals surface area contributed by atoms with E-state index in [0.29, 0.717) is 48.9 Å². The predicted molar refractivity (Wildman–Crippen MR) is 134 cm³/mol. The second kappa shape index (κ2) is 9.21. The smallest absolute Gasteiger partial charge is 0.259 e. The molecule has 9 nitrogen and oxygen atoms in total. The molecule has 2 aromatic carbocycles. The van der Waals surface area contributed by atoms with Crippen LogP contribution in [0.15, 0.2) is 71.8 Å². The van der Waals surface area contributed by atoms with Gasteiger partial charge in [-0.3, -0.25) is 4.79 Å². The van der Waals surface area contributed by atoms with Crippen molar-refractivity contribution < 1.29 is 13.2 Å². The van der Waals surface area contributed by atoms with Crippen LogP contribution >= 0.6 is 0 Å². The fourth-order valence-electron chi connectivity index (χ4n) is 4.12. The Labute approximate surface area is 204 Å². The Morgan fingerprint density at radius 2 is 1.66 bits per heavy atom. The molecule has 1 N–H and O–H groups in total. The highest BCUT2D eigenvalue weighted by atomic mass is 32.2. The quantitative estimate of drug-likeness (QED) is 0.462. The number of piperazine rings is 1. The number of carbonyl (C=O) groups excluding carboxylic acids is 1. The van der Waals surface area contributed by atoms with E-state index in [2.05, 4.69) is 20.3 Å². The number of sulfonamides is 1. The van der Waals surface area contributed by atoms with Gasteiger partial charge in [0.05, 0.1) is 27.9 Å². The molecule has 0 spiro atoms. The number of likely N-dealkylation sites (N-methyl/N-ethyl adjacent to an activating group) is 1. The average Bonchev–Trinajstić information content (AvgIpc) is 3.25. The first kappa shape index (κ1) is 23.2. The van der Waals surface area contributed by atoms with E-state index in [1.54, 1.807) is 16.8 Å². The van der Waals surface area contributed by atoms with E-state index in [4.69, 9.17) is 0 Å². The Morgan fingerprint density at radius 1 is 0.943 bits per heavy atom. The average molecular weight is 491 g/mol. The number of para-hydroxylation sites is 1. The number of nitrogens with zero attached hydrogens (tertiary/aromatic N) is 5. The van der Waals surface area contributed by atoms with Gasteiger partial charge in [-0.2, -0.15) is 9.40 Å². The van der Waals surface area contributed by atoms with E-state index >= 15 is 0 Å². The molecule has 0 atom stereocenters. The lowest BCUT2D eigenvalue weighted by atomic mass is 10.2. The van der Waals surface area contributed by atoms with Crippen molar-refractivity contribution in [2.45, 2.75) is 11.8 Å². The van der Waals surface area contributed by atoms with E-state index in [1.807, 2.05) is 50.4 Å². The molecule has 1 saturated heterocycles. The second-order valence-corrected chi connectivity index (χ2v) is 10.5. The molecule has 180 valence electrons. The molecule has 0 unspecified atom stereocenters. The molecular weight excluding hydrogens is 464 g/mol. The highest BCUT2D eigenvalue weighted by Gasteiger charge is 2.27. The van der Waals surface area contributed by atoms with Crippen molar-refractivity contribution in [1.29, 1.82) is 0 Å². The normalized spacial score (nSPS) is 15.4. The highest BCUT2D eigenvalue weighted by molar-refractivity contribution is 7.89. The first-order chi connectivity index (χ1) is 16.8. The Hall–Kier alpha value is -3.60. The number of hydrogen-bond acceptors (Lipinski definition) is 6. The van der Waals surface area contributed by atoms with Crippen LogP contribution in [0, 0.1) is 6.92 Å². The van der Waals surface area contributed by atoms with Crippen LogP contribution < -0.4 is 5.32 Å². The number of fused-ring (bicyclic) bond motifs is 1. The van der Waals surface area contributed by atoms with Crippen molar-refractivity contribution in [3.8, 4) is 5.82 Å². The zero-order valence-corrected chi connectivity index (χ0v) is 20.4. The molecule has 1 fully saturated rings. The number of anilines is 1. The molecule has 1 aliphatic rings. The lowest BCUT2D eigenvalue weighted by molar-refractivity contribution is 0.102. The minimum Gasteiger partial charge on any atom is -0.322 e. The summed E-state index contributed by atoms with van der Waals surface area (Å²) < 4.78 is 29.0. The summed E-state index contributed by atoms with van der Waals surface area (Å²) in [7, 11) is -1.58. The van der Waals surface area contributed by atoms with Gasteiger partial charge in [-0.05, 0) is 56.4 Å². The Bertz CT molecular complexity index is 1490. The number of benzene rings is 2. The van der Waals surface area contributed by atoms with Crippen molar-refractivity contribution in [2.24, 2.45) is 0 Å². The molecule has 1 amide bonds. The van der Waals surface area contributed by atoms with Crippen molar-refractivity contribution in [3.63, 3.8) is 0 Å². The molecule has 0 saturated carbocycles. The summed E-state index contributed by atoms with van der Waals surface area (Å²) in [5.74, 6) is 0.294. The summed E-state index contributed by atoms with van der Waals surface area (Å²) in [6.45, 7) is 4.15. The van der Waals surface area contributed by atoms with Gasteiger partial charge in [-0.1, -0.05) is 18.2 Å². The van der Waals surface area contributed by atoms with Crippen molar-refractivity contribution in [1.82, 2.24) is 24.0 Å². The molecule has 3 heterocycles. The van der Waals surface area contributed by atoms with Crippen LogP contribution in [-0.2, 0) is 10.0 Å². The van der Waals surface area contributed by atoms with Gasteiger partial charge in [0, 0.05) is 37.3 Å². The molecule has 2 aromatic heterocycles. The van der Waals surface area contributed by atoms with Gasteiger partial charge < -0.3 is 10.2 Å². The van der Waals surface area contributed by atoms with Gasteiger partial charge in [0.1, 0.15) is 0 Å². The Morgan fingerprint density at radius 3 is 2.40 bits per heavy atom. The van der Waals surface area contributed by atoms with E-state index in [1.165, 1.54) is 22.6 Å². The first-order valence-corrected chi connectivity index (χ1v) is 12.8. The zero-order valence-electron chi connectivity index (χ0n) is 19.5. The van der Waals surface area contributed by atoms with E-state index in [-0.39, 0.29) is 10.8 Å². The number of rotatable bonds is 5. The third kappa shape index (κ3) is 4.55. The molecule has 1 aliphatic heterocycles. The van der Waals surface area contributed by atoms with Crippen molar-refractivity contribution >= 4 is 32.5 Å². The molecule has 4 aromatic rings. The van der Waals surface area contributed by atoms with Crippen molar-refractivity contribution in [2.75, 3.05) is 38.5 Å².